The Morgan fingerprint density at radius 2 is 2.06 bits per heavy atom. The normalized spacial score (nSPS) is 16.4. The molecule has 1 fully saturated rings. The van der Waals surface area contributed by atoms with Crippen molar-refractivity contribution in [2.24, 2.45) is 5.92 Å². The van der Waals surface area contributed by atoms with E-state index in [0.717, 1.165) is 36.2 Å². The number of nitrogens with zero attached hydrogens (tertiary/aromatic N) is 2. The Balaban J connectivity index is 1.81. The van der Waals surface area contributed by atoms with Crippen LogP contribution < -0.4 is 10.4 Å². The van der Waals surface area contributed by atoms with Gasteiger partial charge in [0.25, 0.3) is 5.91 Å². The largest absolute Gasteiger partial charge is 0.308 e. The fraction of sp³-hybridized carbons (Fsp3) is 0.429. The quantitative estimate of drug-likeness (QED) is 0.385. The fourth-order valence-corrected chi connectivity index (χ4v) is 5.10. The van der Waals surface area contributed by atoms with Crippen LogP contribution in [-0.2, 0) is 21.2 Å². The number of nitrogens with one attached hydrogen (secondary N) is 1. The zero-order valence-corrected chi connectivity index (χ0v) is 19.1. The summed E-state index contributed by atoms with van der Waals surface area (Å²) in [5.74, 6) is 11.1. The maximum atomic E-state index is 12.5. The van der Waals surface area contributed by atoms with Gasteiger partial charge in [0, 0.05) is 37.4 Å². The van der Waals surface area contributed by atoms with Gasteiger partial charge in [-0.25, -0.2) is 13.9 Å². The number of carbonyl (C=O) groups is 1. The Labute approximate surface area is 184 Å². The third-order valence-corrected chi connectivity index (χ3v) is 8.46. The maximum absolute atomic E-state index is 12.5. The minimum Gasteiger partial charge on any atom is -0.304 e. The van der Waals surface area contributed by atoms with Gasteiger partial charge in [-0.15, -0.1) is 0 Å². The summed E-state index contributed by atoms with van der Waals surface area (Å²) in [7, 11) is -1.80. The molecule has 31 heavy (non-hydrogen) atoms. The van der Waals surface area contributed by atoms with Gasteiger partial charge in [0.15, 0.2) is 14.6 Å². The van der Waals surface area contributed by atoms with Gasteiger partial charge in [0.1, 0.15) is 0 Å². The summed E-state index contributed by atoms with van der Waals surface area (Å²) in [5.41, 5.74) is 2.76. The third-order valence-electron chi connectivity index (χ3n) is 5.49. The molecule has 10 heteroatoms. The van der Waals surface area contributed by atoms with E-state index in [1.54, 1.807) is 18.2 Å². The van der Waals surface area contributed by atoms with Gasteiger partial charge >= 0.3 is 4.87 Å². The average Bonchev–Trinajstić information content (AvgIpc) is 3.00. The molecule has 1 amide bonds. The van der Waals surface area contributed by atoms with Crippen molar-refractivity contribution in [3.05, 3.63) is 33.4 Å². The Bertz CT molecular complexity index is 1300. The molecule has 2 aromatic rings. The van der Waals surface area contributed by atoms with Crippen LogP contribution in [0.1, 0.15) is 18.9 Å². The van der Waals surface area contributed by atoms with Crippen molar-refractivity contribution >= 4 is 37.3 Å². The van der Waals surface area contributed by atoms with Crippen molar-refractivity contribution in [1.29, 1.82) is 0 Å². The molecule has 1 atom stereocenters. The minimum absolute atomic E-state index is 0.00214. The molecule has 3 rings (SSSR count). The molecule has 1 aromatic heterocycles. The summed E-state index contributed by atoms with van der Waals surface area (Å²) < 4.78 is 24.5. The second-order valence-electron chi connectivity index (χ2n) is 7.83. The summed E-state index contributed by atoms with van der Waals surface area (Å²) in [4.78, 5) is 26.4. The zero-order chi connectivity index (χ0) is 22.8. The van der Waals surface area contributed by atoms with Crippen LogP contribution in [0.4, 0.5) is 0 Å². The first-order chi connectivity index (χ1) is 14.5. The highest BCUT2D eigenvalue weighted by atomic mass is 32.2. The molecule has 1 unspecified atom stereocenters. The maximum Gasteiger partial charge on any atom is 0.308 e. The number of hydroxylamine groups is 1. The molecule has 0 bridgehead atoms. The van der Waals surface area contributed by atoms with Crippen molar-refractivity contribution in [3.63, 3.8) is 0 Å². The molecule has 0 spiro atoms. The number of hydrogen-bond acceptors (Lipinski definition) is 7. The van der Waals surface area contributed by atoms with Crippen LogP contribution in [0.25, 0.3) is 10.2 Å². The van der Waals surface area contributed by atoms with E-state index in [2.05, 4.69) is 28.6 Å². The predicted octanol–water partition coefficient (Wildman–Crippen LogP) is 0.678. The van der Waals surface area contributed by atoms with E-state index in [1.807, 2.05) is 7.05 Å². The van der Waals surface area contributed by atoms with E-state index in [1.165, 1.54) is 17.0 Å². The van der Waals surface area contributed by atoms with Crippen LogP contribution in [0.2, 0.25) is 0 Å². The van der Waals surface area contributed by atoms with E-state index in [9.17, 15) is 18.0 Å². The number of likely N-dealkylation sites (tertiary alicyclic amines) is 1. The number of amides is 1. The first-order valence-electron chi connectivity index (χ1n) is 9.53. The van der Waals surface area contributed by atoms with Crippen LogP contribution in [0.15, 0.2) is 23.0 Å². The molecular formula is C21H23N3O5S2. The lowest BCUT2D eigenvalue weighted by Crippen LogP contribution is -2.49. The van der Waals surface area contributed by atoms with Crippen LogP contribution in [0, 0.1) is 29.6 Å². The number of sulfone groups is 1. The number of aryl methyl sites for hydroxylation is 1. The summed E-state index contributed by atoms with van der Waals surface area (Å²) >= 11 is 1.02. The molecular weight excluding hydrogens is 438 g/mol. The molecule has 8 nitrogen and oxygen atoms in total. The van der Waals surface area contributed by atoms with Gasteiger partial charge in [-0.2, -0.15) is 0 Å². The highest BCUT2D eigenvalue weighted by molar-refractivity contribution is 7.92. The molecule has 2 N–H and O–H groups in total. The monoisotopic (exact) mass is 461 g/mol. The van der Waals surface area contributed by atoms with Crippen molar-refractivity contribution < 1.29 is 18.4 Å². The van der Waals surface area contributed by atoms with E-state index < -0.39 is 20.5 Å². The van der Waals surface area contributed by atoms with E-state index in [0.29, 0.717) is 16.1 Å². The number of aromatic nitrogens is 1. The Morgan fingerprint density at radius 1 is 1.35 bits per heavy atom. The van der Waals surface area contributed by atoms with Gasteiger partial charge in [0.2, 0.25) is 0 Å². The van der Waals surface area contributed by atoms with Crippen molar-refractivity contribution in [2.45, 2.75) is 24.6 Å². The van der Waals surface area contributed by atoms with Crippen LogP contribution in [0.3, 0.4) is 0 Å². The SMILES string of the molecule is CN1CC(C#CC#Cc2ccc3c(c2)sc(=O)n3CCC(C)(C(=O)NO)S(C)(=O)=O)C1. The molecule has 1 aliphatic rings. The summed E-state index contributed by atoms with van der Waals surface area (Å²) in [5, 5.41) is 8.94. The molecule has 1 aromatic carbocycles. The average molecular weight is 462 g/mol. The fourth-order valence-electron chi connectivity index (χ4n) is 3.30. The topological polar surface area (TPSA) is 109 Å². The van der Waals surface area contributed by atoms with E-state index in [4.69, 9.17) is 5.21 Å². The number of rotatable bonds is 5. The third kappa shape index (κ3) is 4.83. The summed E-state index contributed by atoms with van der Waals surface area (Å²) in [6.45, 7) is 3.15. The van der Waals surface area contributed by atoms with E-state index >= 15 is 0 Å². The molecule has 0 aliphatic carbocycles. The lowest BCUT2D eigenvalue weighted by Gasteiger charge is -2.32. The number of hydrogen-bond donors (Lipinski definition) is 2. The van der Waals surface area contributed by atoms with Crippen molar-refractivity contribution in [3.8, 4) is 23.7 Å². The van der Waals surface area contributed by atoms with Gasteiger partial charge in [-0.3, -0.25) is 19.4 Å². The van der Waals surface area contributed by atoms with Gasteiger partial charge in [-0.1, -0.05) is 23.2 Å². The standard InChI is InChI=1S/C21H23N3O5S2/c1-21(19(25)22-27,31(3,28)29)10-11-24-17-9-8-15(12-18(17)30-20(24)26)6-4-5-7-16-13-23(2)14-16/h8-9,12,16,27H,10-11,13-14H2,1-3H3,(H,22,25). The smallest absolute Gasteiger partial charge is 0.304 e. The highest BCUT2D eigenvalue weighted by Gasteiger charge is 2.43. The molecule has 1 saturated heterocycles. The van der Waals surface area contributed by atoms with Crippen molar-refractivity contribution in [2.75, 3.05) is 26.4 Å². The van der Waals surface area contributed by atoms with Crippen LogP contribution in [0.5, 0.6) is 0 Å². The number of carbonyl (C=O) groups excluding carboxylic acids is 1. The minimum atomic E-state index is -3.84. The predicted molar refractivity (Wildman–Crippen MR) is 120 cm³/mol. The molecule has 1 aliphatic heterocycles. The Hall–Kier alpha value is -2.63. The zero-order valence-electron chi connectivity index (χ0n) is 17.4. The lowest BCUT2D eigenvalue weighted by molar-refractivity contribution is -0.131. The van der Waals surface area contributed by atoms with Crippen molar-refractivity contribution in [1.82, 2.24) is 14.9 Å². The summed E-state index contributed by atoms with van der Waals surface area (Å²) in [6.07, 6.45) is 0.755. The number of benzene rings is 1. The number of thiazole rings is 1. The molecule has 164 valence electrons. The van der Waals surface area contributed by atoms with E-state index in [-0.39, 0.29) is 17.8 Å². The molecule has 0 radical (unpaired) electrons. The second-order valence-corrected chi connectivity index (χ2v) is 11.3. The molecule has 2 heterocycles. The lowest BCUT2D eigenvalue weighted by atomic mass is 10.0. The Kier molecular flexibility index (Phi) is 6.58. The van der Waals surface area contributed by atoms with Gasteiger partial charge in [0.05, 0.1) is 10.2 Å². The van der Waals surface area contributed by atoms with Crippen LogP contribution >= 0.6 is 11.3 Å². The van der Waals surface area contributed by atoms with Crippen LogP contribution in [-0.4, -0.2) is 60.1 Å². The number of fused-ring (bicyclic) bond motifs is 1. The van der Waals surface area contributed by atoms with Gasteiger partial charge < -0.3 is 4.90 Å². The first kappa shape index (κ1) is 23.0. The van der Waals surface area contributed by atoms with Gasteiger partial charge in [-0.05, 0) is 50.4 Å². The Morgan fingerprint density at radius 3 is 2.68 bits per heavy atom. The summed E-state index contributed by atoms with van der Waals surface area (Å²) in [6, 6.07) is 5.31. The molecule has 0 saturated carbocycles. The highest BCUT2D eigenvalue weighted by Crippen LogP contribution is 2.24. The second kappa shape index (κ2) is 8.85. The first-order valence-corrected chi connectivity index (χ1v) is 12.2.